The van der Waals surface area contributed by atoms with Crippen LogP contribution in [0.15, 0.2) is 63.1 Å². The van der Waals surface area contributed by atoms with Gasteiger partial charge in [-0.15, -0.1) is 0 Å². The maximum absolute atomic E-state index is 13.3. The molecule has 9 heteroatoms. The fourth-order valence-corrected chi connectivity index (χ4v) is 5.75. The Morgan fingerprint density at radius 1 is 0.971 bits per heavy atom. The van der Waals surface area contributed by atoms with Crippen molar-refractivity contribution in [1.82, 2.24) is 4.57 Å². The molecule has 0 fully saturated rings. The van der Waals surface area contributed by atoms with E-state index in [0.717, 1.165) is 24.3 Å². The van der Waals surface area contributed by atoms with Crippen LogP contribution in [0.2, 0.25) is 5.02 Å². The third kappa shape index (κ3) is 5.60. The van der Waals surface area contributed by atoms with Crippen molar-refractivity contribution in [2.45, 2.75) is 51.0 Å². The topological polar surface area (TPSA) is 88.5 Å². The molecule has 35 heavy (non-hydrogen) atoms. The van der Waals surface area contributed by atoms with Gasteiger partial charge in [0.25, 0.3) is 5.56 Å². The van der Waals surface area contributed by atoms with E-state index in [4.69, 9.17) is 11.6 Å². The van der Waals surface area contributed by atoms with Crippen molar-refractivity contribution >= 4 is 38.7 Å². The number of anilines is 2. The number of pyridine rings is 1. The van der Waals surface area contributed by atoms with Gasteiger partial charge < -0.3 is 14.8 Å². The molecule has 0 atom stereocenters. The summed E-state index contributed by atoms with van der Waals surface area (Å²) in [7, 11) is -4.10. The molecule has 1 aromatic heterocycles. The minimum Gasteiger partial charge on any atom is -0.372 e. The summed E-state index contributed by atoms with van der Waals surface area (Å²) in [4.78, 5) is 28.0. The summed E-state index contributed by atoms with van der Waals surface area (Å²) >= 11 is 5.88. The lowest BCUT2D eigenvalue weighted by molar-refractivity contribution is -0.116. The zero-order valence-corrected chi connectivity index (χ0v) is 22.1. The molecule has 3 rings (SSSR count). The lowest BCUT2D eigenvalue weighted by Gasteiger charge is -2.22. The molecule has 0 saturated heterocycles. The minimum absolute atomic E-state index is 0.0362. The molecular formula is C26H30ClN3O4S. The average molecular weight is 516 g/mol. The largest absolute Gasteiger partial charge is 0.372 e. The van der Waals surface area contributed by atoms with Crippen LogP contribution in [0.25, 0.3) is 0 Å². The third-order valence-electron chi connectivity index (χ3n) is 5.96. The number of sulfone groups is 1. The highest BCUT2D eigenvalue weighted by molar-refractivity contribution is 7.91. The van der Waals surface area contributed by atoms with Crippen molar-refractivity contribution in [3.8, 4) is 0 Å². The fourth-order valence-electron chi connectivity index (χ4n) is 4.07. The predicted molar refractivity (Wildman–Crippen MR) is 140 cm³/mol. The normalized spacial score (nSPS) is 11.4. The zero-order valence-electron chi connectivity index (χ0n) is 20.6. The van der Waals surface area contributed by atoms with Gasteiger partial charge in [-0.05, 0) is 94.3 Å². The van der Waals surface area contributed by atoms with Gasteiger partial charge >= 0.3 is 0 Å². The fraction of sp³-hybridized carbons (Fsp3) is 0.308. The minimum atomic E-state index is -4.10. The summed E-state index contributed by atoms with van der Waals surface area (Å²) in [5.41, 5.74) is 2.67. The Kier molecular flexibility index (Phi) is 8.07. The van der Waals surface area contributed by atoms with Gasteiger partial charge in [0.1, 0.15) is 11.4 Å². The smallest absolute Gasteiger partial charge is 0.270 e. The van der Waals surface area contributed by atoms with E-state index in [1.54, 1.807) is 19.9 Å². The lowest BCUT2D eigenvalue weighted by Crippen LogP contribution is -2.33. The highest BCUT2D eigenvalue weighted by atomic mass is 35.5. The first kappa shape index (κ1) is 26.5. The summed E-state index contributed by atoms with van der Waals surface area (Å²) in [6.45, 7) is 10.7. The SMILES string of the molecule is CCN(CC)c1ccc(NC(=O)Cn2c(C)cc(C)c(S(=O)(=O)c3ccc(Cl)cc3)c2=O)c(C)c1. The molecule has 0 aliphatic heterocycles. The molecule has 7 nitrogen and oxygen atoms in total. The Hall–Kier alpha value is -3.10. The molecule has 1 heterocycles. The summed E-state index contributed by atoms with van der Waals surface area (Å²) in [6.07, 6.45) is 0. The Labute approximate surface area is 211 Å². The number of nitrogens with one attached hydrogen (secondary N) is 1. The maximum atomic E-state index is 13.3. The number of benzene rings is 2. The van der Waals surface area contributed by atoms with Crippen LogP contribution < -0.4 is 15.8 Å². The molecular weight excluding hydrogens is 486 g/mol. The standard InChI is InChI=1S/C26H30ClN3O4S/c1-6-29(7-2)21-10-13-23(17(3)15-21)28-24(31)16-30-19(5)14-18(4)25(26(30)32)35(33,34)22-11-8-20(27)9-12-22/h8-15H,6-7,16H2,1-5H3,(H,28,31). The zero-order chi connectivity index (χ0) is 25.9. The van der Waals surface area contributed by atoms with Gasteiger partial charge in [-0.1, -0.05) is 11.6 Å². The Morgan fingerprint density at radius 3 is 2.17 bits per heavy atom. The highest BCUT2D eigenvalue weighted by Gasteiger charge is 2.26. The number of carbonyl (C=O) groups excluding carboxylic acids is 1. The quantitative estimate of drug-likeness (QED) is 0.468. The molecule has 0 aliphatic carbocycles. The summed E-state index contributed by atoms with van der Waals surface area (Å²) in [5.74, 6) is -0.424. The van der Waals surface area contributed by atoms with Gasteiger partial charge in [-0.25, -0.2) is 8.42 Å². The van der Waals surface area contributed by atoms with Crippen molar-refractivity contribution in [2.75, 3.05) is 23.3 Å². The van der Waals surface area contributed by atoms with E-state index in [1.807, 2.05) is 25.1 Å². The highest BCUT2D eigenvalue weighted by Crippen LogP contribution is 2.24. The first-order valence-electron chi connectivity index (χ1n) is 11.4. The molecule has 0 radical (unpaired) electrons. The molecule has 1 N–H and O–H groups in total. The molecule has 0 unspecified atom stereocenters. The van der Waals surface area contributed by atoms with E-state index < -0.39 is 21.3 Å². The maximum Gasteiger partial charge on any atom is 0.270 e. The number of hydrogen-bond acceptors (Lipinski definition) is 5. The van der Waals surface area contributed by atoms with Gasteiger partial charge in [-0.2, -0.15) is 0 Å². The van der Waals surface area contributed by atoms with Crippen LogP contribution in [0.4, 0.5) is 11.4 Å². The van der Waals surface area contributed by atoms with Crippen LogP contribution in [0, 0.1) is 20.8 Å². The van der Waals surface area contributed by atoms with Crippen LogP contribution in [-0.4, -0.2) is 32.0 Å². The van der Waals surface area contributed by atoms with E-state index in [0.29, 0.717) is 22.0 Å². The van der Waals surface area contributed by atoms with Crippen molar-refractivity contribution in [3.05, 3.63) is 80.7 Å². The van der Waals surface area contributed by atoms with Crippen LogP contribution in [0.3, 0.4) is 0 Å². The second-order valence-corrected chi connectivity index (χ2v) is 10.7. The first-order chi connectivity index (χ1) is 16.5. The number of carbonyl (C=O) groups is 1. The summed E-state index contributed by atoms with van der Waals surface area (Å²) in [5, 5.41) is 3.23. The van der Waals surface area contributed by atoms with Crippen molar-refractivity contribution in [3.63, 3.8) is 0 Å². The number of nitrogens with zero attached hydrogens (tertiary/aromatic N) is 2. The van der Waals surface area contributed by atoms with Gasteiger partial charge in [0, 0.05) is 35.2 Å². The summed E-state index contributed by atoms with van der Waals surface area (Å²) in [6, 6.07) is 13.0. The molecule has 0 bridgehead atoms. The Bertz CT molecular complexity index is 1410. The van der Waals surface area contributed by atoms with E-state index in [2.05, 4.69) is 24.1 Å². The molecule has 1 amide bonds. The van der Waals surface area contributed by atoms with E-state index >= 15 is 0 Å². The number of aromatic nitrogens is 1. The van der Waals surface area contributed by atoms with Crippen molar-refractivity contribution < 1.29 is 13.2 Å². The van der Waals surface area contributed by atoms with Gasteiger partial charge in [0.05, 0.1) is 4.90 Å². The Balaban J connectivity index is 1.92. The monoisotopic (exact) mass is 515 g/mol. The van der Waals surface area contributed by atoms with Gasteiger partial charge in [-0.3, -0.25) is 9.59 Å². The number of amides is 1. The summed E-state index contributed by atoms with van der Waals surface area (Å²) < 4.78 is 27.7. The molecule has 3 aromatic rings. The average Bonchev–Trinajstić information content (AvgIpc) is 2.79. The van der Waals surface area contributed by atoms with E-state index in [9.17, 15) is 18.0 Å². The Morgan fingerprint density at radius 2 is 1.60 bits per heavy atom. The first-order valence-corrected chi connectivity index (χ1v) is 13.2. The lowest BCUT2D eigenvalue weighted by atomic mass is 10.1. The number of halogens is 1. The number of rotatable bonds is 8. The predicted octanol–water partition coefficient (Wildman–Crippen LogP) is 4.74. The molecule has 2 aromatic carbocycles. The molecule has 0 aliphatic rings. The molecule has 0 saturated carbocycles. The van der Waals surface area contributed by atoms with Crippen molar-refractivity contribution in [1.29, 1.82) is 0 Å². The van der Waals surface area contributed by atoms with Crippen LogP contribution in [-0.2, 0) is 21.2 Å². The molecule has 186 valence electrons. The molecule has 0 spiro atoms. The van der Waals surface area contributed by atoms with Gasteiger partial charge in [0.2, 0.25) is 15.7 Å². The third-order valence-corrected chi connectivity index (χ3v) is 8.13. The van der Waals surface area contributed by atoms with E-state index in [1.165, 1.54) is 28.8 Å². The second-order valence-electron chi connectivity index (χ2n) is 8.37. The number of hydrogen-bond donors (Lipinski definition) is 1. The van der Waals surface area contributed by atoms with Crippen molar-refractivity contribution in [2.24, 2.45) is 0 Å². The second kappa shape index (κ2) is 10.7. The van der Waals surface area contributed by atoms with E-state index in [-0.39, 0.29) is 16.3 Å². The number of aryl methyl sites for hydroxylation is 3. The van der Waals surface area contributed by atoms with Crippen LogP contribution in [0.1, 0.15) is 30.7 Å². The van der Waals surface area contributed by atoms with Crippen LogP contribution >= 0.6 is 11.6 Å². The van der Waals surface area contributed by atoms with Gasteiger partial charge in [0.15, 0.2) is 0 Å². The van der Waals surface area contributed by atoms with Crippen LogP contribution in [0.5, 0.6) is 0 Å².